The van der Waals surface area contributed by atoms with Gasteiger partial charge in [-0.3, -0.25) is 9.69 Å². The van der Waals surface area contributed by atoms with Crippen molar-refractivity contribution in [1.82, 2.24) is 9.88 Å². The van der Waals surface area contributed by atoms with E-state index in [1.807, 2.05) is 56.6 Å². The van der Waals surface area contributed by atoms with Gasteiger partial charge in [-0.05, 0) is 50.2 Å². The Morgan fingerprint density at radius 1 is 1.17 bits per heavy atom. The predicted molar refractivity (Wildman–Crippen MR) is 126 cm³/mol. The van der Waals surface area contributed by atoms with Crippen molar-refractivity contribution in [3.05, 3.63) is 48.0 Å². The second kappa shape index (κ2) is 10.8. The molecule has 0 atom stereocenters. The van der Waals surface area contributed by atoms with Crippen LogP contribution < -0.4 is 9.64 Å². The second-order valence-corrected chi connectivity index (χ2v) is 8.87. The number of rotatable bonds is 8. The fourth-order valence-electron chi connectivity index (χ4n) is 2.82. The first kappa shape index (κ1) is 23.5. The molecule has 8 heteroatoms. The highest BCUT2D eigenvalue weighted by Crippen LogP contribution is 2.34. The number of hydrogen-bond donors (Lipinski definition) is 0. The summed E-state index contributed by atoms with van der Waals surface area (Å²) in [6, 6.07) is 13.7. The van der Waals surface area contributed by atoms with Crippen LogP contribution in [0.1, 0.15) is 17.3 Å². The Bertz CT molecular complexity index is 962. The Morgan fingerprint density at radius 2 is 1.93 bits per heavy atom. The number of hydrogen-bond acceptors (Lipinski definition) is 6. The maximum Gasteiger partial charge on any atom is 0.260 e. The van der Waals surface area contributed by atoms with E-state index in [1.165, 1.54) is 11.3 Å². The summed E-state index contributed by atoms with van der Waals surface area (Å²) in [7, 11) is 5.64. The number of halogens is 1. The fraction of sp³-hybridized carbons (Fsp3) is 0.333. The molecule has 0 fully saturated rings. The molecule has 0 bridgehead atoms. The molecule has 0 aliphatic carbocycles. The molecule has 0 N–H and O–H groups in total. The summed E-state index contributed by atoms with van der Waals surface area (Å²) in [6.07, 6.45) is 0. The van der Waals surface area contributed by atoms with Crippen LogP contribution in [0, 0.1) is 0 Å². The summed E-state index contributed by atoms with van der Waals surface area (Å²) in [5.74, 6) is 1.67. The zero-order valence-electron chi connectivity index (χ0n) is 17.0. The highest BCUT2D eigenvalue weighted by molar-refractivity contribution is 7.99. The standard InChI is InChI=1S/C21H25N3O2S2.ClH/c1-5-27-16-9-6-8-15(14-16)20(25)24(13-12-23(2)3)21-22-19-17(26-4)10-7-11-18(19)28-21;/h6-11,14H,5,12-13H2,1-4H3;1H. The number of ether oxygens (including phenoxy) is 1. The Morgan fingerprint density at radius 3 is 2.62 bits per heavy atom. The van der Waals surface area contributed by atoms with Crippen molar-refractivity contribution in [2.24, 2.45) is 0 Å². The number of benzene rings is 2. The van der Waals surface area contributed by atoms with Gasteiger partial charge in [0.2, 0.25) is 0 Å². The zero-order chi connectivity index (χ0) is 20.1. The van der Waals surface area contributed by atoms with Crippen molar-refractivity contribution < 1.29 is 9.53 Å². The average Bonchev–Trinajstić information content (AvgIpc) is 3.12. The summed E-state index contributed by atoms with van der Waals surface area (Å²) in [4.78, 5) is 23.1. The molecule has 1 heterocycles. The van der Waals surface area contributed by atoms with E-state index in [-0.39, 0.29) is 18.3 Å². The third-order valence-corrected chi connectivity index (χ3v) is 6.15. The molecule has 0 radical (unpaired) electrons. The van der Waals surface area contributed by atoms with Crippen molar-refractivity contribution in [3.8, 4) is 5.75 Å². The highest BCUT2D eigenvalue weighted by Gasteiger charge is 2.22. The normalized spacial score (nSPS) is 10.8. The Balaban J connectivity index is 0.00000300. The molecule has 3 rings (SSSR count). The molecule has 0 saturated carbocycles. The molecule has 3 aromatic rings. The van der Waals surface area contributed by atoms with Crippen LogP contribution >= 0.6 is 35.5 Å². The molecule has 0 unspecified atom stereocenters. The van der Waals surface area contributed by atoms with E-state index in [1.54, 1.807) is 23.8 Å². The van der Waals surface area contributed by atoms with Crippen molar-refractivity contribution in [2.75, 3.05) is 44.9 Å². The van der Waals surface area contributed by atoms with Crippen LogP contribution in [0.25, 0.3) is 10.2 Å². The summed E-state index contributed by atoms with van der Waals surface area (Å²) in [5, 5.41) is 0.694. The van der Waals surface area contributed by atoms with Gasteiger partial charge in [-0.2, -0.15) is 0 Å². The molecule has 0 aliphatic heterocycles. The van der Waals surface area contributed by atoms with E-state index in [9.17, 15) is 4.79 Å². The molecule has 0 saturated heterocycles. The molecular formula is C21H26ClN3O2S2. The topological polar surface area (TPSA) is 45.7 Å². The number of amides is 1. The number of anilines is 1. The molecule has 29 heavy (non-hydrogen) atoms. The van der Waals surface area contributed by atoms with E-state index in [4.69, 9.17) is 9.72 Å². The van der Waals surface area contributed by atoms with Gasteiger partial charge in [-0.15, -0.1) is 24.2 Å². The third-order valence-electron chi connectivity index (χ3n) is 4.23. The van der Waals surface area contributed by atoms with E-state index in [0.29, 0.717) is 17.2 Å². The lowest BCUT2D eigenvalue weighted by Gasteiger charge is -2.22. The molecule has 1 aromatic heterocycles. The van der Waals surface area contributed by atoms with E-state index in [0.717, 1.165) is 33.2 Å². The Hall–Kier alpha value is -1.80. The van der Waals surface area contributed by atoms with Gasteiger partial charge in [0.05, 0.1) is 11.8 Å². The maximum absolute atomic E-state index is 13.4. The van der Waals surface area contributed by atoms with Crippen molar-refractivity contribution in [1.29, 1.82) is 0 Å². The zero-order valence-corrected chi connectivity index (χ0v) is 19.5. The number of thioether (sulfide) groups is 1. The largest absolute Gasteiger partial charge is 0.494 e. The number of nitrogens with zero attached hydrogens (tertiary/aromatic N) is 3. The Kier molecular flexibility index (Phi) is 8.77. The number of carbonyl (C=O) groups is 1. The van der Waals surface area contributed by atoms with Crippen molar-refractivity contribution in [2.45, 2.75) is 11.8 Å². The SMILES string of the molecule is CCSc1cccc(C(=O)N(CCN(C)C)c2nc3c(OC)cccc3s2)c1.Cl. The summed E-state index contributed by atoms with van der Waals surface area (Å²) >= 11 is 3.25. The van der Waals surface area contributed by atoms with Gasteiger partial charge in [0.25, 0.3) is 5.91 Å². The number of para-hydroxylation sites is 1. The van der Waals surface area contributed by atoms with Crippen molar-refractivity contribution >= 4 is 56.8 Å². The quantitative estimate of drug-likeness (QED) is 0.448. The van der Waals surface area contributed by atoms with Crippen LogP contribution in [-0.2, 0) is 0 Å². The summed E-state index contributed by atoms with van der Waals surface area (Å²) in [6.45, 7) is 3.43. The van der Waals surface area contributed by atoms with Crippen LogP contribution in [0.2, 0.25) is 0 Å². The molecule has 0 spiro atoms. The molecule has 0 aliphatic rings. The fourth-order valence-corrected chi connectivity index (χ4v) is 4.54. The van der Waals surface area contributed by atoms with Gasteiger partial charge in [-0.25, -0.2) is 4.98 Å². The number of fused-ring (bicyclic) bond motifs is 1. The molecule has 1 amide bonds. The van der Waals surface area contributed by atoms with Crippen LogP contribution in [0.3, 0.4) is 0 Å². The first-order chi connectivity index (χ1) is 13.5. The highest BCUT2D eigenvalue weighted by atomic mass is 35.5. The maximum atomic E-state index is 13.4. The number of carbonyl (C=O) groups excluding carboxylic acids is 1. The first-order valence-electron chi connectivity index (χ1n) is 9.16. The van der Waals surface area contributed by atoms with Gasteiger partial charge in [0.15, 0.2) is 5.13 Å². The summed E-state index contributed by atoms with van der Waals surface area (Å²) in [5.41, 5.74) is 1.48. The van der Waals surface area contributed by atoms with Crippen LogP contribution in [0.5, 0.6) is 5.75 Å². The third kappa shape index (κ3) is 5.63. The summed E-state index contributed by atoms with van der Waals surface area (Å²) < 4.78 is 6.44. The lowest BCUT2D eigenvalue weighted by Crippen LogP contribution is -2.36. The van der Waals surface area contributed by atoms with Gasteiger partial charge in [0, 0.05) is 23.5 Å². The minimum absolute atomic E-state index is 0. The number of likely N-dealkylation sites (N-methyl/N-ethyl adjacent to an activating group) is 1. The minimum Gasteiger partial charge on any atom is -0.494 e. The van der Waals surface area contributed by atoms with Crippen LogP contribution in [-0.4, -0.2) is 55.8 Å². The molecule has 156 valence electrons. The van der Waals surface area contributed by atoms with Gasteiger partial charge in [-0.1, -0.05) is 30.4 Å². The van der Waals surface area contributed by atoms with E-state index >= 15 is 0 Å². The second-order valence-electron chi connectivity index (χ2n) is 6.52. The number of thiazole rings is 1. The number of methoxy groups -OCH3 is 1. The van der Waals surface area contributed by atoms with Crippen molar-refractivity contribution in [3.63, 3.8) is 0 Å². The molecule has 2 aromatic carbocycles. The first-order valence-corrected chi connectivity index (χ1v) is 11.0. The van der Waals surface area contributed by atoms with Gasteiger partial charge < -0.3 is 9.64 Å². The van der Waals surface area contributed by atoms with E-state index < -0.39 is 0 Å². The van der Waals surface area contributed by atoms with Gasteiger partial charge in [0.1, 0.15) is 11.3 Å². The average molecular weight is 452 g/mol. The molecular weight excluding hydrogens is 426 g/mol. The molecule has 5 nitrogen and oxygen atoms in total. The lowest BCUT2D eigenvalue weighted by molar-refractivity contribution is 0.0985. The minimum atomic E-state index is -0.0292. The predicted octanol–water partition coefficient (Wildman–Crippen LogP) is 5.05. The van der Waals surface area contributed by atoms with Crippen LogP contribution in [0.4, 0.5) is 5.13 Å². The van der Waals surface area contributed by atoms with E-state index in [2.05, 4.69) is 11.8 Å². The monoisotopic (exact) mass is 451 g/mol. The van der Waals surface area contributed by atoms with Crippen LogP contribution in [0.15, 0.2) is 47.4 Å². The smallest absolute Gasteiger partial charge is 0.260 e. The number of aromatic nitrogens is 1. The Labute approximate surface area is 186 Å². The lowest BCUT2D eigenvalue weighted by atomic mass is 10.2. The van der Waals surface area contributed by atoms with Gasteiger partial charge >= 0.3 is 0 Å².